The van der Waals surface area contributed by atoms with Crippen LogP contribution in [0.15, 0.2) is 35.8 Å². The van der Waals surface area contributed by atoms with Gasteiger partial charge in [0.2, 0.25) is 11.8 Å². The van der Waals surface area contributed by atoms with E-state index in [4.69, 9.17) is 0 Å². The lowest BCUT2D eigenvalue weighted by Crippen LogP contribution is -2.46. The number of nitrogens with zero attached hydrogens (tertiary/aromatic N) is 2. The van der Waals surface area contributed by atoms with Gasteiger partial charge < -0.3 is 10.2 Å². The number of aromatic nitrogens is 1. The average Bonchev–Trinajstić information content (AvgIpc) is 3.20. The molecule has 2 atom stereocenters. The average molecular weight is 369 g/mol. The smallest absolute Gasteiger partial charge is 0.231 e. The molecule has 1 aromatic heterocycles. The molecule has 1 aliphatic carbocycles. The predicted octanol–water partition coefficient (Wildman–Crippen LogP) is 3.44. The van der Waals surface area contributed by atoms with Gasteiger partial charge in [0.1, 0.15) is 0 Å². The number of piperidine rings is 1. The standard InChI is InChI=1S/C20H23N3O2S/c24-18(22-20-21-10-12-26-20)15-7-4-11-23(13-15)19(25)17-9-3-6-14-5-1-2-8-16(14)17/h1-2,5,8,10,12,15,17H,3-4,6-7,9,11,13H2,(H,21,22,24). The molecule has 0 saturated carbocycles. The lowest BCUT2D eigenvalue weighted by molar-refractivity contribution is -0.136. The maximum atomic E-state index is 13.2. The number of nitrogens with one attached hydrogen (secondary N) is 1. The van der Waals surface area contributed by atoms with Gasteiger partial charge in [-0.15, -0.1) is 11.3 Å². The largest absolute Gasteiger partial charge is 0.341 e. The fraction of sp³-hybridized carbons (Fsp3) is 0.450. The molecule has 2 heterocycles. The zero-order valence-corrected chi connectivity index (χ0v) is 15.5. The van der Waals surface area contributed by atoms with Gasteiger partial charge in [0.05, 0.1) is 11.8 Å². The minimum absolute atomic E-state index is 0.0264. The number of thiazole rings is 1. The molecule has 1 aliphatic heterocycles. The van der Waals surface area contributed by atoms with Gasteiger partial charge >= 0.3 is 0 Å². The van der Waals surface area contributed by atoms with Crippen LogP contribution in [0.25, 0.3) is 0 Å². The molecule has 1 saturated heterocycles. The van der Waals surface area contributed by atoms with Crippen LogP contribution in [0.4, 0.5) is 5.13 Å². The van der Waals surface area contributed by atoms with Gasteiger partial charge in [-0.1, -0.05) is 24.3 Å². The number of hydrogen-bond acceptors (Lipinski definition) is 4. The third-order valence-corrected chi connectivity index (χ3v) is 6.12. The quantitative estimate of drug-likeness (QED) is 0.901. The fourth-order valence-electron chi connectivity index (χ4n) is 4.11. The first-order valence-electron chi connectivity index (χ1n) is 9.29. The van der Waals surface area contributed by atoms with Gasteiger partial charge in [0.15, 0.2) is 5.13 Å². The van der Waals surface area contributed by atoms with Crippen molar-refractivity contribution in [3.63, 3.8) is 0 Å². The molecule has 5 nitrogen and oxygen atoms in total. The summed E-state index contributed by atoms with van der Waals surface area (Å²) in [6.07, 6.45) is 6.38. The van der Waals surface area contributed by atoms with Gasteiger partial charge in [-0.05, 0) is 43.2 Å². The van der Waals surface area contributed by atoms with Crippen molar-refractivity contribution in [2.75, 3.05) is 18.4 Å². The number of fused-ring (bicyclic) bond motifs is 1. The number of benzene rings is 1. The van der Waals surface area contributed by atoms with E-state index < -0.39 is 0 Å². The first-order chi connectivity index (χ1) is 12.7. The number of carbonyl (C=O) groups is 2. The number of likely N-dealkylation sites (tertiary alicyclic amines) is 1. The second-order valence-electron chi connectivity index (χ2n) is 7.09. The SMILES string of the molecule is O=C(Nc1nccs1)C1CCCN(C(=O)C2CCCc3ccccc32)C1. The third-order valence-electron chi connectivity index (χ3n) is 5.43. The topological polar surface area (TPSA) is 62.3 Å². The van der Waals surface area contributed by atoms with Crippen molar-refractivity contribution in [1.29, 1.82) is 0 Å². The van der Waals surface area contributed by atoms with Crippen molar-refractivity contribution in [2.45, 2.75) is 38.0 Å². The Balaban J connectivity index is 1.44. The zero-order chi connectivity index (χ0) is 17.9. The number of amides is 2. The molecule has 1 aromatic carbocycles. The Morgan fingerprint density at radius 2 is 2.08 bits per heavy atom. The van der Waals surface area contributed by atoms with E-state index in [0.29, 0.717) is 11.7 Å². The van der Waals surface area contributed by atoms with E-state index in [2.05, 4.69) is 22.4 Å². The molecule has 0 radical (unpaired) electrons. The lowest BCUT2D eigenvalue weighted by Gasteiger charge is -2.36. The summed E-state index contributed by atoms with van der Waals surface area (Å²) in [6, 6.07) is 8.29. The minimum atomic E-state index is -0.157. The molecule has 2 unspecified atom stereocenters. The van der Waals surface area contributed by atoms with Crippen LogP contribution in [0.5, 0.6) is 0 Å². The molecular weight excluding hydrogens is 346 g/mol. The number of aryl methyl sites for hydroxylation is 1. The van der Waals surface area contributed by atoms with Gasteiger partial charge in [0.25, 0.3) is 0 Å². The van der Waals surface area contributed by atoms with E-state index in [1.165, 1.54) is 22.5 Å². The van der Waals surface area contributed by atoms with Gasteiger partial charge in [0, 0.05) is 24.7 Å². The second-order valence-corrected chi connectivity index (χ2v) is 7.99. The van der Waals surface area contributed by atoms with Crippen LogP contribution >= 0.6 is 11.3 Å². The Morgan fingerprint density at radius 3 is 2.92 bits per heavy atom. The molecule has 2 aliphatic rings. The molecule has 2 amide bonds. The van der Waals surface area contributed by atoms with Gasteiger partial charge in [-0.2, -0.15) is 0 Å². The number of carbonyl (C=O) groups excluding carboxylic acids is 2. The predicted molar refractivity (Wildman–Crippen MR) is 102 cm³/mol. The maximum absolute atomic E-state index is 13.2. The van der Waals surface area contributed by atoms with Crippen molar-refractivity contribution in [1.82, 2.24) is 9.88 Å². The summed E-state index contributed by atoms with van der Waals surface area (Å²) in [5, 5.41) is 5.34. The van der Waals surface area contributed by atoms with E-state index in [9.17, 15) is 9.59 Å². The molecule has 0 bridgehead atoms. The Morgan fingerprint density at radius 1 is 1.19 bits per heavy atom. The van der Waals surface area contributed by atoms with E-state index in [1.807, 2.05) is 22.4 Å². The number of rotatable bonds is 3. The van der Waals surface area contributed by atoms with E-state index >= 15 is 0 Å². The maximum Gasteiger partial charge on any atom is 0.231 e. The van der Waals surface area contributed by atoms with Crippen LogP contribution in [0, 0.1) is 5.92 Å². The summed E-state index contributed by atoms with van der Waals surface area (Å²) in [7, 11) is 0. The van der Waals surface area contributed by atoms with Crippen molar-refractivity contribution >= 4 is 28.3 Å². The molecule has 26 heavy (non-hydrogen) atoms. The highest BCUT2D eigenvalue weighted by Gasteiger charge is 2.34. The molecule has 1 N–H and O–H groups in total. The number of anilines is 1. The Labute approximate surface area is 157 Å². The molecule has 2 aromatic rings. The Kier molecular flexibility index (Phi) is 5.02. The summed E-state index contributed by atoms with van der Waals surface area (Å²) in [4.78, 5) is 31.7. The van der Waals surface area contributed by atoms with E-state index in [0.717, 1.165) is 38.6 Å². The molecule has 4 rings (SSSR count). The van der Waals surface area contributed by atoms with E-state index in [1.54, 1.807) is 6.20 Å². The summed E-state index contributed by atoms with van der Waals surface area (Å²) in [5.74, 6) is -0.0541. The van der Waals surface area contributed by atoms with Gasteiger partial charge in [-0.25, -0.2) is 4.98 Å². The first-order valence-corrected chi connectivity index (χ1v) is 10.2. The Hall–Kier alpha value is -2.21. The first kappa shape index (κ1) is 17.2. The highest BCUT2D eigenvalue weighted by Crippen LogP contribution is 2.34. The normalized spacial score (nSPS) is 22.5. The molecule has 1 fully saturated rings. The van der Waals surface area contributed by atoms with Crippen LogP contribution in [0.3, 0.4) is 0 Å². The van der Waals surface area contributed by atoms with E-state index in [-0.39, 0.29) is 23.7 Å². The minimum Gasteiger partial charge on any atom is -0.341 e. The van der Waals surface area contributed by atoms with Crippen LogP contribution in [-0.4, -0.2) is 34.8 Å². The fourth-order valence-corrected chi connectivity index (χ4v) is 4.65. The second kappa shape index (κ2) is 7.58. The van der Waals surface area contributed by atoms with Crippen molar-refractivity contribution in [3.8, 4) is 0 Å². The summed E-state index contributed by atoms with van der Waals surface area (Å²) >= 11 is 1.41. The molecule has 6 heteroatoms. The van der Waals surface area contributed by atoms with Crippen LogP contribution < -0.4 is 5.32 Å². The highest BCUT2D eigenvalue weighted by atomic mass is 32.1. The van der Waals surface area contributed by atoms with Crippen molar-refractivity contribution in [2.24, 2.45) is 5.92 Å². The molecule has 136 valence electrons. The van der Waals surface area contributed by atoms with Crippen LogP contribution in [0.1, 0.15) is 42.7 Å². The molecular formula is C20H23N3O2S. The monoisotopic (exact) mass is 369 g/mol. The van der Waals surface area contributed by atoms with Crippen molar-refractivity contribution < 1.29 is 9.59 Å². The van der Waals surface area contributed by atoms with Crippen molar-refractivity contribution in [3.05, 3.63) is 47.0 Å². The lowest BCUT2D eigenvalue weighted by atomic mass is 9.81. The highest BCUT2D eigenvalue weighted by molar-refractivity contribution is 7.13. The van der Waals surface area contributed by atoms with Crippen LogP contribution in [-0.2, 0) is 16.0 Å². The Bertz CT molecular complexity index is 790. The summed E-state index contributed by atoms with van der Waals surface area (Å²) in [5.41, 5.74) is 2.48. The third kappa shape index (κ3) is 3.51. The van der Waals surface area contributed by atoms with Gasteiger partial charge in [-0.3, -0.25) is 9.59 Å². The summed E-state index contributed by atoms with van der Waals surface area (Å²) < 4.78 is 0. The zero-order valence-electron chi connectivity index (χ0n) is 14.7. The summed E-state index contributed by atoms with van der Waals surface area (Å²) in [6.45, 7) is 1.26. The van der Waals surface area contributed by atoms with Crippen LogP contribution in [0.2, 0.25) is 0 Å². The molecule has 0 spiro atoms. The number of hydrogen-bond donors (Lipinski definition) is 1.